The molecule has 4 heteroatoms. The average molecular weight is 193 g/mol. The van der Waals surface area contributed by atoms with Gasteiger partial charge in [-0.15, -0.1) is 0 Å². The van der Waals surface area contributed by atoms with E-state index in [9.17, 15) is 0 Å². The molecule has 0 atom stereocenters. The third-order valence-corrected chi connectivity index (χ3v) is 1.76. The highest BCUT2D eigenvalue weighted by atomic mass is 16.5. The fourth-order valence-electron chi connectivity index (χ4n) is 1.03. The first kappa shape index (κ1) is 10.9. The lowest BCUT2D eigenvalue weighted by molar-refractivity contribution is 0.308. The zero-order valence-electron chi connectivity index (χ0n) is 8.27. The molecule has 0 aliphatic carbocycles. The Kier molecular flexibility index (Phi) is 4.93. The Morgan fingerprint density at radius 3 is 2.86 bits per heavy atom. The number of rotatable bonds is 6. The van der Waals surface area contributed by atoms with E-state index in [-0.39, 0.29) is 0 Å². The number of hydrogen-bond acceptors (Lipinski definition) is 3. The second-order valence-electron chi connectivity index (χ2n) is 2.90. The molecule has 0 saturated heterocycles. The molecule has 1 aromatic carbocycles. The van der Waals surface area contributed by atoms with E-state index in [1.165, 1.54) is 0 Å². The topological polar surface area (TPSA) is 38.7 Å². The SMILES string of the molecule is CCCCOc1cccc(O[B]O)c1. The largest absolute Gasteiger partial charge is 0.569 e. The number of ether oxygens (including phenoxy) is 1. The standard InChI is InChI=1S/C10H14BO3/c1-2-3-7-13-9-5-4-6-10(8-9)14-11-12/h4-6,8,12H,2-3,7H2,1H3. The lowest BCUT2D eigenvalue weighted by Crippen LogP contribution is -2.00. The van der Waals surface area contributed by atoms with Crippen LogP contribution in [0.2, 0.25) is 0 Å². The quantitative estimate of drug-likeness (QED) is 0.552. The fraction of sp³-hybridized carbons (Fsp3) is 0.400. The van der Waals surface area contributed by atoms with Crippen molar-refractivity contribution in [1.29, 1.82) is 0 Å². The summed E-state index contributed by atoms with van der Waals surface area (Å²) < 4.78 is 10.3. The summed E-state index contributed by atoms with van der Waals surface area (Å²) in [7, 11) is 0.658. The van der Waals surface area contributed by atoms with Crippen LogP contribution in [0, 0.1) is 0 Å². The fourth-order valence-corrected chi connectivity index (χ4v) is 1.03. The van der Waals surface area contributed by atoms with Crippen molar-refractivity contribution in [3.05, 3.63) is 24.3 Å². The zero-order chi connectivity index (χ0) is 10.2. The molecule has 0 spiro atoms. The van der Waals surface area contributed by atoms with Crippen LogP contribution in [0.3, 0.4) is 0 Å². The molecule has 0 aliphatic heterocycles. The van der Waals surface area contributed by atoms with E-state index in [1.54, 1.807) is 12.1 Å². The van der Waals surface area contributed by atoms with Crippen molar-refractivity contribution in [2.24, 2.45) is 0 Å². The minimum Gasteiger partial charge on any atom is -0.537 e. The third-order valence-electron chi connectivity index (χ3n) is 1.76. The Morgan fingerprint density at radius 2 is 2.14 bits per heavy atom. The summed E-state index contributed by atoms with van der Waals surface area (Å²) in [5.74, 6) is 1.33. The predicted molar refractivity (Wildman–Crippen MR) is 55.4 cm³/mol. The van der Waals surface area contributed by atoms with Gasteiger partial charge in [0.05, 0.1) is 6.61 Å². The molecule has 0 aliphatic rings. The zero-order valence-corrected chi connectivity index (χ0v) is 8.27. The summed E-state index contributed by atoms with van der Waals surface area (Å²) in [5, 5.41) is 8.44. The predicted octanol–water partition coefficient (Wildman–Crippen LogP) is 1.77. The van der Waals surface area contributed by atoms with Gasteiger partial charge in [-0.25, -0.2) is 0 Å². The summed E-state index contributed by atoms with van der Waals surface area (Å²) >= 11 is 0. The van der Waals surface area contributed by atoms with Crippen molar-refractivity contribution >= 4 is 7.69 Å². The summed E-state index contributed by atoms with van der Waals surface area (Å²) in [6.45, 7) is 2.83. The molecule has 0 bridgehead atoms. The number of unbranched alkanes of at least 4 members (excludes halogenated alkanes) is 1. The van der Waals surface area contributed by atoms with Gasteiger partial charge in [-0.3, -0.25) is 0 Å². The van der Waals surface area contributed by atoms with Gasteiger partial charge in [-0.2, -0.15) is 0 Å². The molecule has 1 N–H and O–H groups in total. The van der Waals surface area contributed by atoms with Crippen molar-refractivity contribution < 1.29 is 14.4 Å². The number of hydrogen-bond donors (Lipinski definition) is 1. The molecule has 0 heterocycles. The molecule has 1 aromatic rings. The monoisotopic (exact) mass is 193 g/mol. The van der Waals surface area contributed by atoms with Gasteiger partial charge in [0.2, 0.25) is 0 Å². The molecular formula is C10H14BO3. The Morgan fingerprint density at radius 1 is 1.36 bits per heavy atom. The molecule has 0 amide bonds. The maximum atomic E-state index is 8.44. The molecule has 0 fully saturated rings. The van der Waals surface area contributed by atoms with Gasteiger partial charge in [-0.1, -0.05) is 19.4 Å². The van der Waals surface area contributed by atoms with Crippen LogP contribution in [0.15, 0.2) is 24.3 Å². The van der Waals surface area contributed by atoms with Gasteiger partial charge in [-0.05, 0) is 18.6 Å². The lowest BCUT2D eigenvalue weighted by Gasteiger charge is -2.07. The summed E-state index contributed by atoms with van der Waals surface area (Å²) in [4.78, 5) is 0. The highest BCUT2D eigenvalue weighted by molar-refractivity contribution is 6.17. The molecule has 0 unspecified atom stereocenters. The second-order valence-corrected chi connectivity index (χ2v) is 2.90. The summed E-state index contributed by atoms with van der Waals surface area (Å²) in [6, 6.07) is 7.17. The minimum absolute atomic E-state index is 0.571. The summed E-state index contributed by atoms with van der Waals surface area (Å²) in [5.41, 5.74) is 0. The summed E-state index contributed by atoms with van der Waals surface area (Å²) in [6.07, 6.45) is 2.15. The highest BCUT2D eigenvalue weighted by Crippen LogP contribution is 2.19. The first-order chi connectivity index (χ1) is 6.86. The van der Waals surface area contributed by atoms with E-state index < -0.39 is 0 Å². The van der Waals surface area contributed by atoms with Gasteiger partial charge in [0, 0.05) is 6.07 Å². The van der Waals surface area contributed by atoms with Crippen LogP contribution >= 0.6 is 0 Å². The normalized spacial score (nSPS) is 9.57. The van der Waals surface area contributed by atoms with Gasteiger partial charge >= 0.3 is 7.69 Å². The van der Waals surface area contributed by atoms with Gasteiger partial charge in [0.15, 0.2) is 0 Å². The van der Waals surface area contributed by atoms with Gasteiger partial charge in [0.1, 0.15) is 11.5 Å². The maximum absolute atomic E-state index is 8.44. The Balaban J connectivity index is 2.46. The van der Waals surface area contributed by atoms with Crippen molar-refractivity contribution in [2.45, 2.75) is 19.8 Å². The van der Waals surface area contributed by atoms with Crippen molar-refractivity contribution in [1.82, 2.24) is 0 Å². The molecule has 75 valence electrons. The molecule has 0 aromatic heterocycles. The molecule has 0 saturated carbocycles. The van der Waals surface area contributed by atoms with Crippen LogP contribution in [0.25, 0.3) is 0 Å². The van der Waals surface area contributed by atoms with E-state index in [0.29, 0.717) is 20.0 Å². The lowest BCUT2D eigenvalue weighted by atomic mass is 10.3. The molecule has 14 heavy (non-hydrogen) atoms. The molecular weight excluding hydrogens is 179 g/mol. The molecule has 1 radical (unpaired) electrons. The van der Waals surface area contributed by atoms with Crippen molar-refractivity contribution in [3.8, 4) is 11.5 Å². The van der Waals surface area contributed by atoms with Crippen LogP contribution in [-0.4, -0.2) is 19.3 Å². The van der Waals surface area contributed by atoms with E-state index in [0.717, 1.165) is 18.6 Å². The van der Waals surface area contributed by atoms with Gasteiger partial charge < -0.3 is 14.4 Å². The van der Waals surface area contributed by atoms with E-state index in [2.05, 4.69) is 6.92 Å². The molecule has 3 nitrogen and oxygen atoms in total. The van der Waals surface area contributed by atoms with Crippen LogP contribution in [-0.2, 0) is 0 Å². The first-order valence-electron chi connectivity index (χ1n) is 4.72. The maximum Gasteiger partial charge on any atom is 0.569 e. The van der Waals surface area contributed by atoms with E-state index >= 15 is 0 Å². The average Bonchev–Trinajstić information content (AvgIpc) is 2.19. The Hall–Kier alpha value is -1.16. The van der Waals surface area contributed by atoms with Crippen molar-refractivity contribution in [2.75, 3.05) is 6.61 Å². The van der Waals surface area contributed by atoms with Crippen LogP contribution in [0.4, 0.5) is 0 Å². The van der Waals surface area contributed by atoms with Gasteiger partial charge in [0.25, 0.3) is 0 Å². The second kappa shape index (κ2) is 6.32. The third kappa shape index (κ3) is 3.70. The van der Waals surface area contributed by atoms with E-state index in [4.69, 9.17) is 14.4 Å². The highest BCUT2D eigenvalue weighted by Gasteiger charge is 1.97. The smallest absolute Gasteiger partial charge is 0.537 e. The van der Waals surface area contributed by atoms with Crippen molar-refractivity contribution in [3.63, 3.8) is 0 Å². The van der Waals surface area contributed by atoms with Crippen LogP contribution in [0.5, 0.6) is 11.5 Å². The molecule has 1 rings (SSSR count). The minimum atomic E-state index is 0.571. The first-order valence-corrected chi connectivity index (χ1v) is 4.72. The number of benzene rings is 1. The Bertz CT molecular complexity index is 265. The van der Waals surface area contributed by atoms with Crippen LogP contribution < -0.4 is 9.39 Å². The van der Waals surface area contributed by atoms with Crippen LogP contribution in [0.1, 0.15) is 19.8 Å². The van der Waals surface area contributed by atoms with E-state index in [1.807, 2.05) is 12.1 Å². The Labute approximate surface area is 85.0 Å².